The van der Waals surface area contributed by atoms with Crippen molar-refractivity contribution in [3.63, 3.8) is 0 Å². The lowest BCUT2D eigenvalue weighted by Gasteiger charge is -2.36. The molecule has 29 heavy (non-hydrogen) atoms. The Morgan fingerprint density at radius 3 is 2.45 bits per heavy atom. The topological polar surface area (TPSA) is 78.0 Å². The second-order valence-corrected chi connectivity index (χ2v) is 8.26. The maximum atomic E-state index is 12.2. The molecule has 0 aromatic carbocycles. The van der Waals surface area contributed by atoms with Gasteiger partial charge in [-0.1, -0.05) is 33.1 Å². The molecule has 0 aromatic heterocycles. The zero-order valence-corrected chi connectivity index (χ0v) is 20.9. The van der Waals surface area contributed by atoms with E-state index in [9.17, 15) is 4.79 Å². The molecule has 0 spiro atoms. The molecular formula is C21H42IN5O2. The molecule has 1 unspecified atom stereocenters. The van der Waals surface area contributed by atoms with Crippen molar-refractivity contribution >= 4 is 35.8 Å². The summed E-state index contributed by atoms with van der Waals surface area (Å²) in [5, 5.41) is 9.79. The molecule has 8 heteroatoms. The Balaban J connectivity index is 0.00000420. The Bertz CT molecular complexity index is 478. The van der Waals surface area contributed by atoms with Crippen LogP contribution in [-0.2, 0) is 9.53 Å². The van der Waals surface area contributed by atoms with Crippen molar-refractivity contribution in [3.8, 4) is 0 Å². The summed E-state index contributed by atoms with van der Waals surface area (Å²) in [6.45, 7) is 12.3. The lowest BCUT2D eigenvalue weighted by Crippen LogP contribution is -2.48. The summed E-state index contributed by atoms with van der Waals surface area (Å²) in [6.07, 6.45) is 6.51. The Labute approximate surface area is 194 Å². The van der Waals surface area contributed by atoms with E-state index in [1.54, 1.807) is 0 Å². The van der Waals surface area contributed by atoms with Crippen molar-refractivity contribution < 1.29 is 9.53 Å². The minimum absolute atomic E-state index is 0. The third-order valence-corrected chi connectivity index (χ3v) is 5.68. The van der Waals surface area contributed by atoms with Gasteiger partial charge in [-0.3, -0.25) is 14.7 Å². The third kappa shape index (κ3) is 10.3. The van der Waals surface area contributed by atoms with Gasteiger partial charge in [0.25, 0.3) is 0 Å². The molecule has 2 rings (SSSR count). The number of nitrogens with one attached hydrogen (secondary N) is 3. The number of guanidine groups is 1. The number of nitrogens with zero attached hydrogens (tertiary/aromatic N) is 2. The van der Waals surface area contributed by atoms with Crippen LogP contribution in [0.4, 0.5) is 0 Å². The number of carbonyl (C=O) groups excluding carboxylic acids is 1. The van der Waals surface area contributed by atoms with Gasteiger partial charge >= 0.3 is 0 Å². The van der Waals surface area contributed by atoms with Gasteiger partial charge in [0.1, 0.15) is 0 Å². The minimum atomic E-state index is 0. The molecule has 1 atom stereocenters. The highest BCUT2D eigenvalue weighted by Gasteiger charge is 2.23. The molecule has 1 saturated carbocycles. The molecule has 0 radical (unpaired) electrons. The van der Waals surface area contributed by atoms with Crippen LogP contribution in [0.2, 0.25) is 0 Å². The number of ether oxygens (including phenoxy) is 1. The predicted molar refractivity (Wildman–Crippen MR) is 130 cm³/mol. The van der Waals surface area contributed by atoms with Gasteiger partial charge < -0.3 is 20.7 Å². The van der Waals surface area contributed by atoms with E-state index < -0.39 is 0 Å². The van der Waals surface area contributed by atoms with Crippen molar-refractivity contribution in [1.82, 2.24) is 20.9 Å². The van der Waals surface area contributed by atoms with Crippen LogP contribution in [-0.4, -0.2) is 74.8 Å². The van der Waals surface area contributed by atoms with Gasteiger partial charge in [-0.15, -0.1) is 24.0 Å². The monoisotopic (exact) mass is 523 g/mol. The van der Waals surface area contributed by atoms with E-state index in [1.165, 1.54) is 19.3 Å². The Morgan fingerprint density at radius 2 is 1.83 bits per heavy atom. The van der Waals surface area contributed by atoms with Crippen LogP contribution < -0.4 is 16.0 Å². The van der Waals surface area contributed by atoms with Gasteiger partial charge in [-0.2, -0.15) is 0 Å². The van der Waals surface area contributed by atoms with Crippen LogP contribution in [0.1, 0.15) is 59.3 Å². The van der Waals surface area contributed by atoms with E-state index in [0.717, 1.165) is 58.2 Å². The summed E-state index contributed by atoms with van der Waals surface area (Å²) in [6, 6.07) is 0.789. The molecule has 0 bridgehead atoms. The van der Waals surface area contributed by atoms with Gasteiger partial charge in [0.15, 0.2) is 5.96 Å². The van der Waals surface area contributed by atoms with Crippen LogP contribution in [0, 0.1) is 5.92 Å². The molecule has 7 nitrogen and oxygen atoms in total. The van der Waals surface area contributed by atoms with Crippen molar-refractivity contribution in [3.05, 3.63) is 0 Å². The first kappa shape index (κ1) is 26.4. The van der Waals surface area contributed by atoms with Crippen molar-refractivity contribution in [1.29, 1.82) is 0 Å². The molecule has 1 amide bonds. The van der Waals surface area contributed by atoms with Crippen molar-refractivity contribution in [2.45, 2.75) is 71.4 Å². The summed E-state index contributed by atoms with van der Waals surface area (Å²) >= 11 is 0. The lowest BCUT2D eigenvalue weighted by molar-refractivity contribution is -0.121. The summed E-state index contributed by atoms with van der Waals surface area (Å²) < 4.78 is 5.48. The zero-order valence-electron chi connectivity index (χ0n) is 18.5. The average molecular weight is 524 g/mol. The van der Waals surface area contributed by atoms with E-state index in [0.29, 0.717) is 31.0 Å². The number of rotatable bonds is 9. The number of carbonyl (C=O) groups is 1. The summed E-state index contributed by atoms with van der Waals surface area (Å²) in [7, 11) is 0. The minimum Gasteiger partial charge on any atom is -0.379 e. The molecule has 170 valence electrons. The molecule has 0 aromatic rings. The van der Waals surface area contributed by atoms with E-state index >= 15 is 0 Å². The van der Waals surface area contributed by atoms with E-state index in [2.05, 4.69) is 41.6 Å². The lowest BCUT2D eigenvalue weighted by atomic mass is 9.95. The number of hydrogen-bond donors (Lipinski definition) is 3. The first-order valence-corrected chi connectivity index (χ1v) is 11.2. The van der Waals surface area contributed by atoms with Crippen molar-refractivity contribution in [2.24, 2.45) is 10.9 Å². The number of halogens is 1. The number of aliphatic imine (C=N–C) groups is 1. The number of amides is 1. The van der Waals surface area contributed by atoms with Crippen LogP contribution in [0.3, 0.4) is 0 Å². The summed E-state index contributed by atoms with van der Waals surface area (Å²) in [5.74, 6) is 1.47. The molecule has 2 fully saturated rings. The molecular weight excluding hydrogens is 481 g/mol. The van der Waals surface area contributed by atoms with E-state index in [1.807, 2.05) is 0 Å². The van der Waals surface area contributed by atoms with Crippen LogP contribution in [0.5, 0.6) is 0 Å². The fourth-order valence-corrected chi connectivity index (χ4v) is 4.02. The maximum Gasteiger partial charge on any atom is 0.221 e. The van der Waals surface area contributed by atoms with Gasteiger partial charge in [-0.05, 0) is 25.7 Å². The van der Waals surface area contributed by atoms with Gasteiger partial charge in [0, 0.05) is 44.7 Å². The summed E-state index contributed by atoms with van der Waals surface area (Å²) in [4.78, 5) is 19.5. The maximum absolute atomic E-state index is 12.2. The molecule has 1 aliphatic carbocycles. The fraction of sp³-hybridized carbons (Fsp3) is 0.905. The average Bonchev–Trinajstić information content (AvgIpc) is 2.69. The molecule has 1 heterocycles. The third-order valence-electron chi connectivity index (χ3n) is 5.68. The standard InChI is InChI=1S/C21H41N5O2.HI/c1-4-22-21(23-11-10-20(27)25-18-8-6-5-7-9-18)24-16-19(17(2)3)26-12-14-28-15-13-26;/h17-19H,4-16H2,1-3H3,(H,25,27)(H2,22,23,24);1H. The molecule has 2 aliphatic rings. The second-order valence-electron chi connectivity index (χ2n) is 8.26. The Hall–Kier alpha value is -0.610. The van der Waals surface area contributed by atoms with Crippen LogP contribution >= 0.6 is 24.0 Å². The Kier molecular flexibility index (Phi) is 13.9. The Morgan fingerprint density at radius 1 is 1.14 bits per heavy atom. The van der Waals surface area contributed by atoms with E-state index in [-0.39, 0.29) is 29.9 Å². The van der Waals surface area contributed by atoms with E-state index in [4.69, 9.17) is 9.73 Å². The van der Waals surface area contributed by atoms with Crippen LogP contribution in [0.25, 0.3) is 0 Å². The summed E-state index contributed by atoms with van der Waals surface area (Å²) in [5.41, 5.74) is 0. The van der Waals surface area contributed by atoms with Crippen molar-refractivity contribution in [2.75, 3.05) is 45.9 Å². The highest BCUT2D eigenvalue weighted by Crippen LogP contribution is 2.17. The van der Waals surface area contributed by atoms with Gasteiger partial charge in [-0.25, -0.2) is 0 Å². The second kappa shape index (κ2) is 15.2. The van der Waals surface area contributed by atoms with Crippen LogP contribution in [0.15, 0.2) is 4.99 Å². The molecule has 3 N–H and O–H groups in total. The number of hydrogen-bond acceptors (Lipinski definition) is 4. The zero-order chi connectivity index (χ0) is 20.2. The highest BCUT2D eigenvalue weighted by atomic mass is 127. The predicted octanol–water partition coefficient (Wildman–Crippen LogP) is 2.36. The first-order chi connectivity index (χ1) is 13.6. The smallest absolute Gasteiger partial charge is 0.221 e. The first-order valence-electron chi connectivity index (χ1n) is 11.2. The number of morpholine rings is 1. The quantitative estimate of drug-likeness (QED) is 0.246. The fourth-order valence-electron chi connectivity index (χ4n) is 4.02. The molecule has 1 saturated heterocycles. The van der Waals surface area contributed by atoms with Gasteiger partial charge in [0.05, 0.1) is 19.8 Å². The normalized spacial score (nSPS) is 20.1. The SMILES string of the molecule is CCNC(=NCC(C(C)C)N1CCOCC1)NCCC(=O)NC1CCCCC1.I. The van der Waals surface area contributed by atoms with Gasteiger partial charge in [0.2, 0.25) is 5.91 Å². The molecule has 1 aliphatic heterocycles. The highest BCUT2D eigenvalue weighted by molar-refractivity contribution is 14.0. The largest absolute Gasteiger partial charge is 0.379 e.